The Kier molecular flexibility index (Phi) is 6.41. The van der Waals surface area contributed by atoms with E-state index in [1.807, 2.05) is 30.3 Å². The normalized spacial score (nSPS) is 16.2. The molecule has 0 saturated carbocycles. The molecule has 1 N–H and O–H groups in total. The Hall–Kier alpha value is -2.32. The molecule has 0 radical (unpaired) electrons. The maximum Gasteiger partial charge on any atom is 0.286 e. The Morgan fingerprint density at radius 1 is 1.14 bits per heavy atom. The molecule has 1 fully saturated rings. The van der Waals surface area contributed by atoms with Crippen molar-refractivity contribution in [2.45, 2.75) is 11.3 Å². The van der Waals surface area contributed by atoms with E-state index in [1.165, 1.54) is 4.90 Å². The zero-order valence-electron chi connectivity index (χ0n) is 15.5. The van der Waals surface area contributed by atoms with Crippen molar-refractivity contribution in [3.05, 3.63) is 53.0 Å². The largest absolute Gasteiger partial charge is 0.339 e. The van der Waals surface area contributed by atoms with Crippen molar-refractivity contribution in [2.75, 3.05) is 30.9 Å². The van der Waals surface area contributed by atoms with Gasteiger partial charge in [0.15, 0.2) is 0 Å². The third-order valence-electron chi connectivity index (χ3n) is 4.35. The first kappa shape index (κ1) is 20.4. The number of carbonyl (C=O) groups is 3. The fourth-order valence-electron chi connectivity index (χ4n) is 2.87. The number of hydrogen-bond donors (Lipinski definition) is 1. The fraction of sp³-hybridized carbons (Fsp3) is 0.250. The van der Waals surface area contributed by atoms with Crippen LogP contribution < -0.4 is 10.2 Å². The van der Waals surface area contributed by atoms with Crippen molar-refractivity contribution in [1.82, 2.24) is 4.90 Å². The molecule has 1 aliphatic heterocycles. The van der Waals surface area contributed by atoms with Gasteiger partial charge in [-0.25, -0.2) is 0 Å². The second kappa shape index (κ2) is 8.79. The molecule has 0 bridgehead atoms. The molecule has 0 aromatic heterocycles. The van der Waals surface area contributed by atoms with Crippen LogP contribution in [0.1, 0.15) is 6.42 Å². The standard InChI is InChI=1S/C20H20BrN3O3S/c1-23(2)20(27)28-17-10-6-4-8-15(17)22-19(26)13-11-18(25)24(12-13)16-9-5-3-7-14(16)21/h3-10,13H,11-12H2,1-2H3,(H,22,26). The highest BCUT2D eigenvalue weighted by Gasteiger charge is 2.36. The topological polar surface area (TPSA) is 69.7 Å². The van der Waals surface area contributed by atoms with Crippen molar-refractivity contribution in [3.8, 4) is 0 Å². The number of amides is 3. The molecule has 0 spiro atoms. The zero-order chi connectivity index (χ0) is 20.3. The van der Waals surface area contributed by atoms with E-state index < -0.39 is 5.92 Å². The number of nitrogens with one attached hydrogen (secondary N) is 1. The predicted molar refractivity (Wildman–Crippen MR) is 115 cm³/mol. The van der Waals surface area contributed by atoms with Gasteiger partial charge in [-0.3, -0.25) is 14.4 Å². The molecule has 3 amide bonds. The molecule has 28 heavy (non-hydrogen) atoms. The summed E-state index contributed by atoms with van der Waals surface area (Å²) in [6, 6.07) is 14.6. The van der Waals surface area contributed by atoms with Gasteiger partial charge in [-0.2, -0.15) is 0 Å². The lowest BCUT2D eigenvalue weighted by atomic mass is 10.1. The van der Waals surface area contributed by atoms with Crippen LogP contribution in [0.5, 0.6) is 0 Å². The Balaban J connectivity index is 1.72. The number of halogens is 1. The third kappa shape index (κ3) is 4.56. The van der Waals surface area contributed by atoms with E-state index in [4.69, 9.17) is 0 Å². The number of benzene rings is 2. The molecule has 6 nitrogen and oxygen atoms in total. The van der Waals surface area contributed by atoms with E-state index in [1.54, 1.807) is 37.2 Å². The molecule has 1 aliphatic rings. The van der Waals surface area contributed by atoms with Gasteiger partial charge in [0, 0.05) is 36.4 Å². The second-order valence-corrected chi connectivity index (χ2v) is 8.45. The van der Waals surface area contributed by atoms with E-state index in [9.17, 15) is 14.4 Å². The summed E-state index contributed by atoms with van der Waals surface area (Å²) in [5, 5.41) is 2.76. The molecule has 1 heterocycles. The van der Waals surface area contributed by atoms with Gasteiger partial charge >= 0.3 is 0 Å². The Labute approximate surface area is 176 Å². The zero-order valence-corrected chi connectivity index (χ0v) is 17.9. The van der Waals surface area contributed by atoms with Crippen LogP contribution >= 0.6 is 27.7 Å². The molecule has 0 aliphatic carbocycles. The molecule has 2 aromatic rings. The minimum Gasteiger partial charge on any atom is -0.339 e. The number of thioether (sulfide) groups is 1. The highest BCUT2D eigenvalue weighted by Crippen LogP contribution is 2.33. The van der Waals surface area contributed by atoms with Gasteiger partial charge in [0.25, 0.3) is 5.24 Å². The summed E-state index contributed by atoms with van der Waals surface area (Å²) in [4.78, 5) is 41.0. The SMILES string of the molecule is CN(C)C(=O)Sc1ccccc1NC(=O)C1CC(=O)N(c2ccccc2Br)C1. The van der Waals surface area contributed by atoms with Crippen LogP contribution in [0.15, 0.2) is 57.9 Å². The van der Waals surface area contributed by atoms with E-state index in [0.29, 0.717) is 17.1 Å². The average molecular weight is 462 g/mol. The van der Waals surface area contributed by atoms with Crippen LogP contribution in [0.25, 0.3) is 0 Å². The van der Waals surface area contributed by atoms with Crippen molar-refractivity contribution < 1.29 is 14.4 Å². The number of carbonyl (C=O) groups excluding carboxylic acids is 3. The van der Waals surface area contributed by atoms with E-state index >= 15 is 0 Å². The molecule has 3 rings (SSSR count). The number of para-hydroxylation sites is 2. The molecule has 1 saturated heterocycles. The summed E-state index contributed by atoms with van der Waals surface area (Å²) in [6.07, 6.45) is 0.152. The van der Waals surface area contributed by atoms with E-state index in [-0.39, 0.29) is 23.5 Å². The summed E-state index contributed by atoms with van der Waals surface area (Å²) in [5.41, 5.74) is 1.33. The third-order valence-corrected chi connectivity index (χ3v) is 6.13. The minimum atomic E-state index is -0.456. The van der Waals surface area contributed by atoms with E-state index in [0.717, 1.165) is 21.9 Å². The quantitative estimate of drug-likeness (QED) is 0.692. The summed E-state index contributed by atoms with van der Waals surface area (Å²) in [7, 11) is 3.36. The summed E-state index contributed by atoms with van der Waals surface area (Å²) in [5.74, 6) is -0.770. The first-order valence-corrected chi connectivity index (χ1v) is 10.3. The van der Waals surface area contributed by atoms with Crippen molar-refractivity contribution in [1.29, 1.82) is 0 Å². The monoisotopic (exact) mass is 461 g/mol. The molecule has 146 valence electrons. The highest BCUT2D eigenvalue weighted by atomic mass is 79.9. The lowest BCUT2D eigenvalue weighted by molar-refractivity contribution is -0.122. The number of anilines is 2. The number of hydrogen-bond acceptors (Lipinski definition) is 4. The summed E-state index contributed by atoms with van der Waals surface area (Å²) < 4.78 is 0.813. The van der Waals surface area contributed by atoms with Crippen LogP contribution in [0.2, 0.25) is 0 Å². The highest BCUT2D eigenvalue weighted by molar-refractivity contribution is 9.10. The Morgan fingerprint density at radius 2 is 1.82 bits per heavy atom. The molecule has 8 heteroatoms. The van der Waals surface area contributed by atoms with Gasteiger partial charge in [-0.1, -0.05) is 24.3 Å². The van der Waals surface area contributed by atoms with E-state index in [2.05, 4.69) is 21.2 Å². The van der Waals surface area contributed by atoms with Crippen molar-refractivity contribution >= 4 is 56.1 Å². The van der Waals surface area contributed by atoms with Gasteiger partial charge < -0.3 is 15.1 Å². The van der Waals surface area contributed by atoms with Crippen molar-refractivity contribution in [3.63, 3.8) is 0 Å². The van der Waals surface area contributed by atoms with Gasteiger partial charge in [-0.05, 0) is 52.0 Å². The smallest absolute Gasteiger partial charge is 0.286 e. The minimum absolute atomic E-state index is 0.0857. The Bertz CT molecular complexity index is 919. The fourth-order valence-corrected chi connectivity index (χ4v) is 4.11. The molecule has 1 atom stereocenters. The average Bonchev–Trinajstić information content (AvgIpc) is 3.05. The lowest BCUT2D eigenvalue weighted by Gasteiger charge is -2.18. The van der Waals surface area contributed by atoms with Crippen LogP contribution in [-0.4, -0.2) is 42.6 Å². The van der Waals surface area contributed by atoms with Crippen LogP contribution in [0.4, 0.5) is 16.2 Å². The second-order valence-electron chi connectivity index (χ2n) is 6.60. The van der Waals surface area contributed by atoms with Gasteiger partial charge in [0.1, 0.15) is 0 Å². The first-order chi connectivity index (χ1) is 13.4. The molecular weight excluding hydrogens is 442 g/mol. The van der Waals surface area contributed by atoms with Crippen LogP contribution in [0, 0.1) is 5.92 Å². The maximum absolute atomic E-state index is 12.8. The van der Waals surface area contributed by atoms with Crippen molar-refractivity contribution in [2.24, 2.45) is 5.92 Å². The van der Waals surface area contributed by atoms with Gasteiger partial charge in [0.2, 0.25) is 11.8 Å². The predicted octanol–water partition coefficient (Wildman–Crippen LogP) is 4.21. The maximum atomic E-state index is 12.8. The van der Waals surface area contributed by atoms with Crippen LogP contribution in [-0.2, 0) is 9.59 Å². The molecular formula is C20H20BrN3O3S. The van der Waals surface area contributed by atoms with Gasteiger partial charge in [0.05, 0.1) is 17.3 Å². The van der Waals surface area contributed by atoms with Crippen LogP contribution in [0.3, 0.4) is 0 Å². The summed E-state index contributed by atoms with van der Waals surface area (Å²) in [6.45, 7) is 0.319. The molecule has 1 unspecified atom stereocenters. The lowest BCUT2D eigenvalue weighted by Crippen LogP contribution is -2.28. The number of rotatable bonds is 4. The van der Waals surface area contributed by atoms with Gasteiger partial charge in [-0.15, -0.1) is 0 Å². The number of nitrogens with zero attached hydrogens (tertiary/aromatic N) is 2. The molecule has 2 aromatic carbocycles. The first-order valence-electron chi connectivity index (χ1n) is 8.70. The Morgan fingerprint density at radius 3 is 2.54 bits per heavy atom. The summed E-state index contributed by atoms with van der Waals surface area (Å²) >= 11 is 4.51.